The molecule has 1 fully saturated rings. The minimum absolute atomic E-state index is 0.00679. The molecule has 1 aliphatic heterocycles. The number of rotatable bonds is 5. The summed E-state index contributed by atoms with van der Waals surface area (Å²) in [6.07, 6.45) is 2.81. The number of piperidine rings is 1. The molecule has 0 radical (unpaired) electrons. The molecule has 2 heterocycles. The smallest absolute Gasteiger partial charge is 0.318 e. The quantitative estimate of drug-likeness (QED) is 0.663. The first-order valence-corrected chi connectivity index (χ1v) is 11.0. The highest BCUT2D eigenvalue weighted by Crippen LogP contribution is 2.30. The lowest BCUT2D eigenvalue weighted by molar-refractivity contribution is 0.179. The second-order valence-electron chi connectivity index (χ2n) is 7.35. The van der Waals surface area contributed by atoms with Crippen molar-refractivity contribution in [1.29, 1.82) is 0 Å². The molecule has 0 spiro atoms. The normalized spacial score (nSPS) is 14.9. The van der Waals surface area contributed by atoms with Crippen molar-refractivity contribution in [3.63, 3.8) is 0 Å². The summed E-state index contributed by atoms with van der Waals surface area (Å²) in [6, 6.07) is 20.1. The van der Waals surface area contributed by atoms with Crippen LogP contribution in [0.15, 0.2) is 60.7 Å². The zero-order valence-electron chi connectivity index (χ0n) is 16.6. The van der Waals surface area contributed by atoms with Gasteiger partial charge in [-0.3, -0.25) is 0 Å². The van der Waals surface area contributed by atoms with Crippen LogP contribution in [-0.2, 0) is 6.42 Å². The third kappa shape index (κ3) is 4.65. The van der Waals surface area contributed by atoms with Crippen LogP contribution in [0.4, 0.5) is 4.79 Å². The van der Waals surface area contributed by atoms with Gasteiger partial charge in [-0.1, -0.05) is 67.6 Å². The lowest BCUT2D eigenvalue weighted by atomic mass is 9.97. The predicted octanol–water partition coefficient (Wildman–Crippen LogP) is 4.78. The Bertz CT molecular complexity index is 881. The van der Waals surface area contributed by atoms with Crippen molar-refractivity contribution < 1.29 is 4.79 Å². The largest absolute Gasteiger partial charge is 0.327 e. The van der Waals surface area contributed by atoms with E-state index in [4.69, 9.17) is 0 Å². The van der Waals surface area contributed by atoms with Crippen molar-refractivity contribution in [2.75, 3.05) is 13.1 Å². The maximum Gasteiger partial charge on any atom is 0.318 e. The number of carbonyl (C=O) groups is 1. The predicted molar refractivity (Wildman–Crippen MR) is 116 cm³/mol. The van der Waals surface area contributed by atoms with Crippen molar-refractivity contribution >= 4 is 17.4 Å². The van der Waals surface area contributed by atoms with E-state index < -0.39 is 0 Å². The molecule has 0 saturated carbocycles. The van der Waals surface area contributed by atoms with Crippen LogP contribution in [0.25, 0.3) is 0 Å². The maximum absolute atomic E-state index is 13.0. The van der Waals surface area contributed by atoms with Gasteiger partial charge in [-0.05, 0) is 30.4 Å². The van der Waals surface area contributed by atoms with Crippen LogP contribution < -0.4 is 5.32 Å². The minimum Gasteiger partial charge on any atom is -0.327 e. The summed E-state index contributed by atoms with van der Waals surface area (Å²) in [5.41, 5.74) is 2.17. The van der Waals surface area contributed by atoms with Gasteiger partial charge >= 0.3 is 6.03 Å². The number of amides is 2. The third-order valence-electron chi connectivity index (χ3n) is 5.45. The summed E-state index contributed by atoms with van der Waals surface area (Å²) in [5.74, 6) is 0.413. The van der Waals surface area contributed by atoms with E-state index in [2.05, 4.69) is 46.7 Å². The van der Waals surface area contributed by atoms with Crippen LogP contribution >= 0.6 is 11.3 Å². The van der Waals surface area contributed by atoms with E-state index in [1.807, 2.05) is 41.3 Å². The van der Waals surface area contributed by atoms with E-state index in [1.165, 1.54) is 0 Å². The van der Waals surface area contributed by atoms with Gasteiger partial charge in [0.25, 0.3) is 0 Å². The van der Waals surface area contributed by atoms with Crippen LogP contribution in [0, 0.1) is 0 Å². The Morgan fingerprint density at radius 1 is 1.03 bits per heavy atom. The van der Waals surface area contributed by atoms with E-state index in [9.17, 15) is 4.79 Å². The molecule has 5 nitrogen and oxygen atoms in total. The van der Waals surface area contributed by atoms with E-state index in [1.54, 1.807) is 11.3 Å². The van der Waals surface area contributed by atoms with E-state index in [0.29, 0.717) is 5.92 Å². The molecule has 1 N–H and O–H groups in total. The molecule has 150 valence electrons. The lowest BCUT2D eigenvalue weighted by Gasteiger charge is -2.32. The lowest BCUT2D eigenvalue weighted by Crippen LogP contribution is -2.45. The van der Waals surface area contributed by atoms with Gasteiger partial charge in [-0.25, -0.2) is 4.79 Å². The van der Waals surface area contributed by atoms with Crippen LogP contribution in [-0.4, -0.2) is 34.2 Å². The molecular formula is C23H26N4OS. The van der Waals surface area contributed by atoms with Gasteiger partial charge in [-0.15, -0.1) is 21.5 Å². The molecule has 0 unspecified atom stereocenters. The molecule has 0 atom stereocenters. The van der Waals surface area contributed by atoms with Gasteiger partial charge in [0.15, 0.2) is 0 Å². The van der Waals surface area contributed by atoms with Crippen LogP contribution in [0.3, 0.4) is 0 Å². The molecule has 1 aromatic heterocycles. The molecule has 3 aromatic rings. The Kier molecular flexibility index (Phi) is 6.20. The van der Waals surface area contributed by atoms with Crippen molar-refractivity contribution in [3.8, 4) is 0 Å². The molecule has 0 aliphatic carbocycles. The van der Waals surface area contributed by atoms with E-state index in [0.717, 1.165) is 53.5 Å². The zero-order chi connectivity index (χ0) is 20.1. The summed E-state index contributed by atoms with van der Waals surface area (Å²) in [7, 11) is 0. The Morgan fingerprint density at radius 3 is 2.14 bits per heavy atom. The summed E-state index contributed by atoms with van der Waals surface area (Å²) >= 11 is 1.71. The number of hydrogen-bond donors (Lipinski definition) is 1. The molecule has 29 heavy (non-hydrogen) atoms. The summed E-state index contributed by atoms with van der Waals surface area (Å²) in [4.78, 5) is 15.0. The molecule has 6 heteroatoms. The first-order valence-electron chi connectivity index (χ1n) is 10.2. The second-order valence-corrected chi connectivity index (χ2v) is 8.45. The number of nitrogens with zero attached hydrogens (tertiary/aromatic N) is 3. The molecule has 1 aliphatic rings. The molecule has 2 amide bonds. The molecular weight excluding hydrogens is 380 g/mol. The third-order valence-corrected chi connectivity index (χ3v) is 6.68. The van der Waals surface area contributed by atoms with Crippen LogP contribution in [0.2, 0.25) is 0 Å². The average Bonchev–Trinajstić information content (AvgIpc) is 3.28. The number of hydrogen-bond acceptors (Lipinski definition) is 4. The number of benzene rings is 2. The fraction of sp³-hybridized carbons (Fsp3) is 0.348. The highest BCUT2D eigenvalue weighted by atomic mass is 32.1. The van der Waals surface area contributed by atoms with Crippen LogP contribution in [0.1, 0.15) is 52.9 Å². The number of urea groups is 1. The fourth-order valence-electron chi connectivity index (χ4n) is 3.77. The van der Waals surface area contributed by atoms with E-state index in [-0.39, 0.29) is 12.1 Å². The van der Waals surface area contributed by atoms with Gasteiger partial charge in [-0.2, -0.15) is 0 Å². The van der Waals surface area contributed by atoms with Gasteiger partial charge in [0.05, 0.1) is 6.04 Å². The second kappa shape index (κ2) is 9.18. The SMILES string of the molecule is CCc1nnc(C2CCN(C(=O)NC(c3ccccc3)c3ccccc3)CC2)s1. The number of aromatic nitrogens is 2. The monoisotopic (exact) mass is 406 g/mol. The van der Waals surface area contributed by atoms with Crippen molar-refractivity contribution in [1.82, 2.24) is 20.4 Å². The van der Waals surface area contributed by atoms with Gasteiger partial charge in [0.2, 0.25) is 0 Å². The Morgan fingerprint density at radius 2 is 1.62 bits per heavy atom. The summed E-state index contributed by atoms with van der Waals surface area (Å²) in [5, 5.41) is 14.1. The Hall–Kier alpha value is -2.73. The zero-order valence-corrected chi connectivity index (χ0v) is 17.4. The summed E-state index contributed by atoms with van der Waals surface area (Å²) < 4.78 is 0. The van der Waals surface area contributed by atoms with Crippen molar-refractivity contribution in [2.45, 2.75) is 38.1 Å². The molecule has 1 saturated heterocycles. The Labute approximate surface area is 175 Å². The highest BCUT2D eigenvalue weighted by Gasteiger charge is 2.27. The van der Waals surface area contributed by atoms with Gasteiger partial charge < -0.3 is 10.2 Å². The molecule has 0 bridgehead atoms. The highest BCUT2D eigenvalue weighted by molar-refractivity contribution is 7.11. The number of aryl methyl sites for hydroxylation is 1. The average molecular weight is 407 g/mol. The first-order chi connectivity index (χ1) is 14.2. The molecule has 4 rings (SSSR count). The number of likely N-dealkylation sites (tertiary alicyclic amines) is 1. The maximum atomic E-state index is 13.0. The molecule has 2 aromatic carbocycles. The van der Waals surface area contributed by atoms with Crippen molar-refractivity contribution in [3.05, 3.63) is 81.8 Å². The number of nitrogens with one attached hydrogen (secondary N) is 1. The summed E-state index contributed by atoms with van der Waals surface area (Å²) in [6.45, 7) is 3.59. The van der Waals surface area contributed by atoms with E-state index >= 15 is 0 Å². The topological polar surface area (TPSA) is 58.1 Å². The van der Waals surface area contributed by atoms with Gasteiger partial charge in [0, 0.05) is 19.0 Å². The minimum atomic E-state index is -0.155. The first kappa shape index (κ1) is 19.6. The number of carbonyl (C=O) groups excluding carboxylic acids is 1. The van der Waals surface area contributed by atoms with Crippen molar-refractivity contribution in [2.24, 2.45) is 0 Å². The standard InChI is InChI=1S/C23H26N4OS/c1-2-20-25-26-22(29-20)19-13-15-27(16-14-19)23(28)24-21(17-9-5-3-6-10-17)18-11-7-4-8-12-18/h3-12,19,21H,2,13-16H2,1H3,(H,24,28). The Balaban J connectivity index is 1.42. The van der Waals surface area contributed by atoms with Gasteiger partial charge in [0.1, 0.15) is 10.0 Å². The fourth-order valence-corrected chi connectivity index (χ4v) is 4.72. The van der Waals surface area contributed by atoms with Crippen LogP contribution in [0.5, 0.6) is 0 Å².